The van der Waals surface area contributed by atoms with E-state index in [1.54, 1.807) is 0 Å². The van der Waals surface area contributed by atoms with Crippen LogP contribution in [0.3, 0.4) is 0 Å². The Morgan fingerprint density at radius 2 is 1.79 bits per heavy atom. The molecule has 0 amide bonds. The summed E-state index contributed by atoms with van der Waals surface area (Å²) < 4.78 is 26.7. The van der Waals surface area contributed by atoms with Gasteiger partial charge in [0.1, 0.15) is 11.6 Å². The van der Waals surface area contributed by atoms with E-state index in [0.717, 1.165) is 60.2 Å². The highest BCUT2D eigenvalue weighted by atomic mass is 19.1. The number of ether oxygens (including phenoxy) is 2. The molecule has 0 fully saturated rings. The van der Waals surface area contributed by atoms with Crippen molar-refractivity contribution in [2.24, 2.45) is 0 Å². The van der Waals surface area contributed by atoms with Crippen LogP contribution in [0.1, 0.15) is 36.5 Å². The van der Waals surface area contributed by atoms with E-state index >= 15 is 0 Å². The third-order valence-electron chi connectivity index (χ3n) is 5.52. The molecule has 2 aromatic carbocycles. The van der Waals surface area contributed by atoms with Crippen molar-refractivity contribution in [3.8, 4) is 11.5 Å². The van der Waals surface area contributed by atoms with Crippen molar-refractivity contribution in [3.63, 3.8) is 0 Å². The van der Waals surface area contributed by atoms with Crippen molar-refractivity contribution in [1.29, 1.82) is 0 Å². The maximum absolute atomic E-state index is 13.5. The summed E-state index contributed by atoms with van der Waals surface area (Å²) >= 11 is 0. The molecule has 0 radical (unpaired) electrons. The summed E-state index contributed by atoms with van der Waals surface area (Å²) in [7, 11) is 0. The molecule has 1 aromatic heterocycles. The second-order valence-corrected chi connectivity index (χ2v) is 7.51. The second-order valence-electron chi connectivity index (χ2n) is 7.51. The topological polar surface area (TPSA) is 52.4 Å². The molecule has 0 spiro atoms. The second kappa shape index (κ2) is 7.73. The minimum Gasteiger partial charge on any atom is -0.454 e. The molecule has 0 atom stereocenters. The molecule has 0 unspecified atom stereocenters. The van der Waals surface area contributed by atoms with Gasteiger partial charge in [0.2, 0.25) is 6.79 Å². The first kappa shape index (κ1) is 18.0. The lowest BCUT2D eigenvalue weighted by atomic mass is 10.1. The van der Waals surface area contributed by atoms with E-state index in [1.807, 2.05) is 30.3 Å². The molecule has 3 aromatic rings. The highest BCUT2D eigenvalue weighted by Crippen LogP contribution is 2.33. The van der Waals surface area contributed by atoms with Gasteiger partial charge in [-0.05, 0) is 54.8 Å². The first-order valence-corrected chi connectivity index (χ1v) is 10.1. The number of hydrogen-bond donors (Lipinski definition) is 0. The number of hydrogen-bond acceptors (Lipinski definition) is 5. The molecule has 6 nitrogen and oxygen atoms in total. The normalized spacial score (nSPS) is 15.1. The molecule has 2 aliphatic heterocycles. The van der Waals surface area contributed by atoms with E-state index in [1.165, 1.54) is 18.6 Å². The maximum atomic E-state index is 13.5. The number of aromatic nitrogens is 3. The minimum absolute atomic E-state index is 0.242. The summed E-state index contributed by atoms with van der Waals surface area (Å²) in [5, 5.41) is 8.90. The zero-order valence-electron chi connectivity index (χ0n) is 16.2. The molecular formula is C22H23FN4O2. The lowest BCUT2D eigenvalue weighted by Gasteiger charge is -2.25. The fourth-order valence-corrected chi connectivity index (χ4v) is 3.98. The van der Waals surface area contributed by atoms with E-state index in [4.69, 9.17) is 9.47 Å². The van der Waals surface area contributed by atoms with E-state index in [-0.39, 0.29) is 12.6 Å². The fourth-order valence-electron chi connectivity index (χ4n) is 3.98. The van der Waals surface area contributed by atoms with Crippen LogP contribution in [0.4, 0.5) is 10.1 Å². The molecule has 0 saturated carbocycles. The van der Waals surface area contributed by atoms with Gasteiger partial charge in [0, 0.05) is 25.2 Å². The van der Waals surface area contributed by atoms with E-state index in [0.29, 0.717) is 13.1 Å². The lowest BCUT2D eigenvalue weighted by molar-refractivity contribution is 0.174. The van der Waals surface area contributed by atoms with Crippen molar-refractivity contribution < 1.29 is 13.9 Å². The number of anilines is 1. The number of fused-ring (bicyclic) bond motifs is 2. The van der Waals surface area contributed by atoms with Crippen LogP contribution in [-0.2, 0) is 26.1 Å². The van der Waals surface area contributed by atoms with Gasteiger partial charge in [-0.15, -0.1) is 10.2 Å². The van der Waals surface area contributed by atoms with Crippen LogP contribution >= 0.6 is 0 Å². The van der Waals surface area contributed by atoms with Crippen LogP contribution in [0.2, 0.25) is 0 Å². The molecule has 3 heterocycles. The van der Waals surface area contributed by atoms with Gasteiger partial charge >= 0.3 is 0 Å². The Balaban J connectivity index is 1.44. The summed E-state index contributed by atoms with van der Waals surface area (Å²) in [5.74, 6) is 3.31. The summed E-state index contributed by atoms with van der Waals surface area (Å²) in [5.41, 5.74) is 2.03. The molecule has 0 saturated heterocycles. The van der Waals surface area contributed by atoms with Gasteiger partial charge in [0.15, 0.2) is 17.3 Å². The Hall–Kier alpha value is -3.09. The van der Waals surface area contributed by atoms with Crippen LogP contribution in [0, 0.1) is 5.82 Å². The zero-order valence-corrected chi connectivity index (χ0v) is 16.2. The Labute approximate surface area is 168 Å². The van der Waals surface area contributed by atoms with Crippen LogP contribution in [0.15, 0.2) is 42.5 Å². The fraction of sp³-hybridized carbons (Fsp3) is 0.364. The monoisotopic (exact) mass is 394 g/mol. The van der Waals surface area contributed by atoms with Gasteiger partial charge in [0.25, 0.3) is 0 Å². The molecule has 0 bridgehead atoms. The molecule has 0 N–H and O–H groups in total. The Morgan fingerprint density at radius 3 is 2.69 bits per heavy atom. The Morgan fingerprint density at radius 1 is 0.931 bits per heavy atom. The first-order valence-electron chi connectivity index (χ1n) is 10.1. The number of nitrogens with zero attached hydrogens (tertiary/aromatic N) is 4. The van der Waals surface area contributed by atoms with Crippen LogP contribution in [0.5, 0.6) is 11.5 Å². The number of halogens is 1. The van der Waals surface area contributed by atoms with Gasteiger partial charge < -0.3 is 18.9 Å². The third kappa shape index (κ3) is 3.77. The molecule has 0 aliphatic carbocycles. The van der Waals surface area contributed by atoms with Gasteiger partial charge in [-0.1, -0.05) is 12.5 Å². The summed E-state index contributed by atoms with van der Waals surface area (Å²) in [4.78, 5) is 2.19. The average molecular weight is 394 g/mol. The SMILES string of the molecule is Fc1ccc(N(Cc2ccc3c(c2)OCO3)Cc2nnc3n2CCCCC3)cc1. The summed E-state index contributed by atoms with van der Waals surface area (Å²) in [6.07, 6.45) is 4.52. The number of aryl methyl sites for hydroxylation is 1. The zero-order chi connectivity index (χ0) is 19.6. The van der Waals surface area contributed by atoms with Crippen molar-refractivity contribution in [1.82, 2.24) is 14.8 Å². The summed E-state index contributed by atoms with van der Waals surface area (Å²) in [6.45, 7) is 2.46. The first-order chi connectivity index (χ1) is 14.3. The van der Waals surface area contributed by atoms with Crippen molar-refractivity contribution in [2.75, 3.05) is 11.7 Å². The van der Waals surface area contributed by atoms with Gasteiger partial charge in [-0.2, -0.15) is 0 Å². The standard InChI is InChI=1S/C22H23FN4O2/c23-17-6-8-18(9-7-17)26(13-16-5-10-19-20(12-16)29-15-28-19)14-22-25-24-21-4-2-1-3-11-27(21)22/h5-10,12H,1-4,11,13-15H2. The van der Waals surface area contributed by atoms with Gasteiger partial charge in [-0.25, -0.2) is 4.39 Å². The molecule has 7 heteroatoms. The minimum atomic E-state index is -0.242. The van der Waals surface area contributed by atoms with Gasteiger partial charge in [0.05, 0.1) is 6.54 Å². The lowest BCUT2D eigenvalue weighted by Crippen LogP contribution is -2.24. The van der Waals surface area contributed by atoms with Crippen LogP contribution < -0.4 is 14.4 Å². The van der Waals surface area contributed by atoms with Gasteiger partial charge in [-0.3, -0.25) is 0 Å². The maximum Gasteiger partial charge on any atom is 0.231 e. The van der Waals surface area contributed by atoms with Crippen molar-refractivity contribution in [3.05, 3.63) is 65.5 Å². The van der Waals surface area contributed by atoms with Crippen LogP contribution in [-0.4, -0.2) is 21.6 Å². The molecule has 150 valence electrons. The predicted octanol–water partition coefficient (Wildman–Crippen LogP) is 4.08. The van der Waals surface area contributed by atoms with Crippen LogP contribution in [0.25, 0.3) is 0 Å². The highest BCUT2D eigenvalue weighted by Gasteiger charge is 2.19. The smallest absolute Gasteiger partial charge is 0.231 e. The molecular weight excluding hydrogens is 371 g/mol. The third-order valence-corrected chi connectivity index (χ3v) is 5.52. The number of rotatable bonds is 5. The number of benzene rings is 2. The van der Waals surface area contributed by atoms with E-state index in [9.17, 15) is 4.39 Å². The molecule has 5 rings (SSSR count). The largest absolute Gasteiger partial charge is 0.454 e. The van der Waals surface area contributed by atoms with Crippen molar-refractivity contribution in [2.45, 2.75) is 45.3 Å². The Kier molecular flexibility index (Phi) is 4.79. The quantitative estimate of drug-likeness (QED) is 0.653. The molecule has 2 aliphatic rings. The predicted molar refractivity (Wildman–Crippen MR) is 106 cm³/mol. The van der Waals surface area contributed by atoms with E-state index < -0.39 is 0 Å². The highest BCUT2D eigenvalue weighted by molar-refractivity contribution is 5.49. The molecule has 29 heavy (non-hydrogen) atoms. The summed E-state index contributed by atoms with van der Waals surface area (Å²) in [6, 6.07) is 12.6. The Bertz CT molecular complexity index is 1000. The van der Waals surface area contributed by atoms with Crippen molar-refractivity contribution >= 4 is 5.69 Å². The average Bonchev–Trinajstić information content (AvgIpc) is 3.28. The van der Waals surface area contributed by atoms with E-state index in [2.05, 4.69) is 19.7 Å².